The Balaban J connectivity index is 2.37. The Labute approximate surface area is 119 Å². The molecule has 0 aliphatic heterocycles. The van der Waals surface area contributed by atoms with Crippen LogP contribution in [0.25, 0.3) is 0 Å². The molecule has 1 aliphatic rings. The zero-order valence-corrected chi connectivity index (χ0v) is 13.2. The van der Waals surface area contributed by atoms with Crippen LogP contribution in [0.15, 0.2) is 0 Å². The van der Waals surface area contributed by atoms with Gasteiger partial charge in [-0.3, -0.25) is 0 Å². The molecular weight excluding hydrogens is 290 g/mol. The Morgan fingerprint density at radius 1 is 1.37 bits per heavy atom. The summed E-state index contributed by atoms with van der Waals surface area (Å²) in [5.74, 6) is -0.0163. The molecule has 0 unspecified atom stereocenters. The molecular formula is C12H22ClNO4S. The molecule has 1 amide bonds. The number of halogens is 1. The van der Waals surface area contributed by atoms with E-state index in [-0.39, 0.29) is 11.2 Å². The molecule has 0 heterocycles. The van der Waals surface area contributed by atoms with E-state index >= 15 is 0 Å². The van der Waals surface area contributed by atoms with Gasteiger partial charge in [-0.05, 0) is 45.4 Å². The number of ether oxygens (including phenoxy) is 1. The van der Waals surface area contributed by atoms with E-state index in [1.807, 2.05) is 0 Å². The van der Waals surface area contributed by atoms with E-state index in [0.717, 1.165) is 19.3 Å². The fourth-order valence-corrected chi connectivity index (χ4v) is 4.11. The maximum Gasteiger partial charge on any atom is 0.407 e. The van der Waals surface area contributed by atoms with Crippen molar-refractivity contribution in [3.05, 3.63) is 0 Å². The molecule has 0 aromatic heterocycles. The molecule has 0 aromatic rings. The van der Waals surface area contributed by atoms with Crippen LogP contribution in [-0.4, -0.2) is 32.4 Å². The lowest BCUT2D eigenvalue weighted by molar-refractivity contribution is 0.0511. The average Bonchev–Trinajstić information content (AvgIpc) is 2.08. The summed E-state index contributed by atoms with van der Waals surface area (Å²) in [7, 11) is 1.83. The molecule has 5 nitrogen and oxygen atoms in total. The highest BCUT2D eigenvalue weighted by Gasteiger charge is 2.40. The van der Waals surface area contributed by atoms with Crippen LogP contribution >= 0.6 is 10.7 Å². The van der Waals surface area contributed by atoms with Gasteiger partial charge in [-0.15, -0.1) is 0 Å². The van der Waals surface area contributed by atoms with E-state index in [1.54, 1.807) is 20.8 Å². The highest BCUT2D eigenvalue weighted by molar-refractivity contribution is 8.13. The van der Waals surface area contributed by atoms with Gasteiger partial charge in [0, 0.05) is 17.2 Å². The number of hydrogen-bond acceptors (Lipinski definition) is 4. The van der Waals surface area contributed by atoms with Crippen LogP contribution in [0.5, 0.6) is 0 Å². The van der Waals surface area contributed by atoms with Crippen molar-refractivity contribution in [2.45, 2.75) is 52.1 Å². The van der Waals surface area contributed by atoms with Crippen LogP contribution in [0.1, 0.15) is 46.5 Å². The second-order valence-electron chi connectivity index (χ2n) is 6.22. The molecule has 0 aromatic carbocycles. The predicted molar refractivity (Wildman–Crippen MR) is 74.8 cm³/mol. The number of carbonyl (C=O) groups is 1. The number of carbonyl (C=O) groups excluding carboxylic acids is 1. The van der Waals surface area contributed by atoms with E-state index in [4.69, 9.17) is 15.4 Å². The maximum absolute atomic E-state index is 11.5. The van der Waals surface area contributed by atoms with E-state index in [2.05, 4.69) is 5.32 Å². The van der Waals surface area contributed by atoms with Gasteiger partial charge in [-0.1, -0.05) is 6.42 Å². The summed E-state index contributed by atoms with van der Waals surface area (Å²) in [6.07, 6.45) is 2.83. The Morgan fingerprint density at radius 3 is 2.32 bits per heavy atom. The molecule has 7 heteroatoms. The second-order valence-corrected chi connectivity index (χ2v) is 8.99. The van der Waals surface area contributed by atoms with E-state index in [9.17, 15) is 13.2 Å². The highest BCUT2D eigenvalue weighted by Crippen LogP contribution is 2.45. The minimum atomic E-state index is -3.49. The molecule has 0 saturated heterocycles. The maximum atomic E-state index is 11.5. The van der Waals surface area contributed by atoms with Crippen molar-refractivity contribution in [2.24, 2.45) is 5.41 Å². The fraction of sp³-hybridized carbons (Fsp3) is 0.917. The summed E-state index contributed by atoms with van der Waals surface area (Å²) >= 11 is 0. The number of alkyl carbamates (subject to hydrolysis) is 1. The van der Waals surface area contributed by atoms with Gasteiger partial charge in [0.1, 0.15) is 5.60 Å². The van der Waals surface area contributed by atoms with Crippen molar-refractivity contribution >= 4 is 25.8 Å². The quantitative estimate of drug-likeness (QED) is 0.792. The molecule has 1 aliphatic carbocycles. The molecule has 112 valence electrons. The fourth-order valence-electron chi connectivity index (χ4n) is 2.25. The van der Waals surface area contributed by atoms with Gasteiger partial charge in [0.05, 0.1) is 5.75 Å². The van der Waals surface area contributed by atoms with Crippen LogP contribution in [-0.2, 0) is 13.8 Å². The number of nitrogens with one attached hydrogen (secondary N) is 1. The molecule has 0 spiro atoms. The molecule has 1 N–H and O–H groups in total. The van der Waals surface area contributed by atoms with Crippen LogP contribution in [0.4, 0.5) is 4.79 Å². The summed E-state index contributed by atoms with van der Waals surface area (Å²) in [6, 6.07) is 0. The molecule has 1 rings (SSSR count). The van der Waals surface area contributed by atoms with Gasteiger partial charge in [0.25, 0.3) is 0 Å². The zero-order valence-electron chi connectivity index (χ0n) is 11.7. The third kappa shape index (κ3) is 6.47. The van der Waals surface area contributed by atoms with Gasteiger partial charge in [-0.2, -0.15) is 0 Å². The minimum Gasteiger partial charge on any atom is -0.444 e. The smallest absolute Gasteiger partial charge is 0.407 e. The molecule has 1 fully saturated rings. The number of rotatable bonds is 5. The van der Waals surface area contributed by atoms with Gasteiger partial charge in [0.15, 0.2) is 0 Å². The molecule has 0 radical (unpaired) electrons. The van der Waals surface area contributed by atoms with Gasteiger partial charge < -0.3 is 10.1 Å². The Hall–Kier alpha value is -0.490. The molecule has 19 heavy (non-hydrogen) atoms. The van der Waals surface area contributed by atoms with Gasteiger partial charge >= 0.3 is 6.09 Å². The first-order chi connectivity index (χ1) is 8.52. The molecule has 1 saturated carbocycles. The Kier molecular flexibility index (Phi) is 5.12. The first-order valence-corrected chi connectivity index (χ1v) is 8.88. The monoisotopic (exact) mass is 311 g/mol. The lowest BCUT2D eigenvalue weighted by atomic mass is 9.68. The van der Waals surface area contributed by atoms with Gasteiger partial charge in [0.2, 0.25) is 9.05 Å². The molecule has 0 atom stereocenters. The van der Waals surface area contributed by atoms with Crippen LogP contribution < -0.4 is 5.32 Å². The van der Waals surface area contributed by atoms with Crippen LogP contribution in [0.3, 0.4) is 0 Å². The SMILES string of the molecule is CC(C)(C)OC(=O)NCCC1(CS(=O)(=O)Cl)CCC1. The minimum absolute atomic E-state index is 0.0163. The standard InChI is InChI=1S/C12H22ClNO4S/c1-11(2,3)18-10(15)14-8-7-12(5-4-6-12)9-19(13,16)17/h4-9H2,1-3H3,(H,14,15). The van der Waals surface area contributed by atoms with Crippen molar-refractivity contribution in [1.29, 1.82) is 0 Å². The summed E-state index contributed by atoms with van der Waals surface area (Å²) in [5, 5.41) is 2.65. The van der Waals surface area contributed by atoms with Gasteiger partial charge in [-0.25, -0.2) is 13.2 Å². The van der Waals surface area contributed by atoms with E-state index in [1.165, 1.54) is 0 Å². The summed E-state index contributed by atoms with van der Waals surface area (Å²) in [4.78, 5) is 11.5. The summed E-state index contributed by atoms with van der Waals surface area (Å²) in [5.41, 5.74) is -0.798. The predicted octanol–water partition coefficient (Wildman–Crippen LogP) is 2.64. The lowest BCUT2D eigenvalue weighted by Crippen LogP contribution is -2.40. The lowest BCUT2D eigenvalue weighted by Gasteiger charge is -2.41. The zero-order chi connectivity index (χ0) is 14.7. The number of amides is 1. The van der Waals surface area contributed by atoms with Crippen LogP contribution in [0.2, 0.25) is 0 Å². The van der Waals surface area contributed by atoms with Crippen molar-refractivity contribution in [3.8, 4) is 0 Å². The van der Waals surface area contributed by atoms with Crippen molar-refractivity contribution in [2.75, 3.05) is 12.3 Å². The second kappa shape index (κ2) is 5.87. The van der Waals surface area contributed by atoms with Crippen molar-refractivity contribution in [1.82, 2.24) is 5.32 Å². The topological polar surface area (TPSA) is 72.5 Å². The first-order valence-electron chi connectivity index (χ1n) is 6.41. The average molecular weight is 312 g/mol. The van der Waals surface area contributed by atoms with Crippen molar-refractivity contribution in [3.63, 3.8) is 0 Å². The Morgan fingerprint density at radius 2 is 1.95 bits per heavy atom. The normalized spacial score (nSPS) is 18.5. The third-order valence-electron chi connectivity index (χ3n) is 3.22. The summed E-state index contributed by atoms with van der Waals surface area (Å²) in [6.45, 7) is 5.78. The third-order valence-corrected chi connectivity index (χ3v) is 4.50. The number of hydrogen-bond donors (Lipinski definition) is 1. The Bertz CT molecular complexity index is 424. The van der Waals surface area contributed by atoms with E-state index in [0.29, 0.717) is 13.0 Å². The van der Waals surface area contributed by atoms with Crippen molar-refractivity contribution < 1.29 is 17.9 Å². The van der Waals surface area contributed by atoms with Crippen LogP contribution in [0, 0.1) is 5.41 Å². The highest BCUT2D eigenvalue weighted by atomic mass is 35.7. The first kappa shape index (κ1) is 16.6. The molecule has 0 bridgehead atoms. The largest absolute Gasteiger partial charge is 0.444 e. The van der Waals surface area contributed by atoms with E-state index < -0.39 is 20.7 Å². The summed E-state index contributed by atoms with van der Waals surface area (Å²) < 4.78 is 27.5.